The quantitative estimate of drug-likeness (QED) is 0.416. The molecule has 6 nitrogen and oxygen atoms in total. The van der Waals surface area contributed by atoms with Gasteiger partial charge in [0.15, 0.2) is 0 Å². The molecule has 2 unspecified atom stereocenters. The van der Waals surface area contributed by atoms with Gasteiger partial charge in [0.2, 0.25) is 15.9 Å². The van der Waals surface area contributed by atoms with Crippen molar-refractivity contribution in [1.82, 2.24) is 9.62 Å². The summed E-state index contributed by atoms with van der Waals surface area (Å²) in [6, 6.07) is 4.69. The highest BCUT2D eigenvalue weighted by Gasteiger charge is 2.32. The van der Waals surface area contributed by atoms with Gasteiger partial charge in [0.1, 0.15) is 10.9 Å². The number of carbonyl (C=O) groups excluding carboxylic acids is 1. The molecule has 2 heterocycles. The Morgan fingerprint density at radius 2 is 2.00 bits per heavy atom. The first-order valence-corrected chi connectivity index (χ1v) is 13.6. The molecule has 2 aliphatic rings. The third-order valence-corrected chi connectivity index (χ3v) is 8.19. The van der Waals surface area contributed by atoms with E-state index in [2.05, 4.69) is 46.5 Å². The van der Waals surface area contributed by atoms with E-state index in [0.717, 1.165) is 42.2 Å². The molecule has 2 aliphatic heterocycles. The van der Waals surface area contributed by atoms with Crippen LogP contribution in [0.4, 0.5) is 5.69 Å². The Hall–Kier alpha value is -0.870. The molecular formula is C21H32IN3O3S. The molecule has 0 aliphatic carbocycles. The molecular weight excluding hydrogens is 501 g/mol. The van der Waals surface area contributed by atoms with Gasteiger partial charge in [0.25, 0.3) is 0 Å². The zero-order valence-corrected chi connectivity index (χ0v) is 20.3. The highest BCUT2D eigenvalue weighted by atomic mass is 127. The summed E-state index contributed by atoms with van der Waals surface area (Å²) in [5.41, 5.74) is 1.71. The van der Waals surface area contributed by atoms with Gasteiger partial charge >= 0.3 is 0 Å². The van der Waals surface area contributed by atoms with Crippen molar-refractivity contribution in [3.8, 4) is 0 Å². The van der Waals surface area contributed by atoms with Crippen molar-refractivity contribution < 1.29 is 13.2 Å². The smallest absolute Gasteiger partial charge is 0.243 e. The molecule has 1 fully saturated rings. The van der Waals surface area contributed by atoms with Crippen LogP contribution in [0.1, 0.15) is 45.1 Å². The van der Waals surface area contributed by atoms with Crippen LogP contribution >= 0.6 is 22.6 Å². The van der Waals surface area contributed by atoms with E-state index in [1.165, 1.54) is 0 Å². The van der Waals surface area contributed by atoms with Crippen molar-refractivity contribution in [3.63, 3.8) is 0 Å². The van der Waals surface area contributed by atoms with Gasteiger partial charge in [-0.15, -0.1) is 0 Å². The Kier molecular flexibility index (Phi) is 7.83. The van der Waals surface area contributed by atoms with Crippen LogP contribution in [0.3, 0.4) is 0 Å². The second-order valence-corrected chi connectivity index (χ2v) is 11.3. The number of nitrogens with one attached hydrogen (secondary N) is 2. The fourth-order valence-corrected chi connectivity index (χ4v) is 6.00. The van der Waals surface area contributed by atoms with Crippen LogP contribution in [0.25, 0.3) is 0 Å². The minimum Gasteiger partial charge on any atom is -0.383 e. The van der Waals surface area contributed by atoms with Gasteiger partial charge in [0, 0.05) is 19.6 Å². The molecule has 2 N–H and O–H groups in total. The number of alkyl halides is 1. The third-order valence-electron chi connectivity index (χ3n) is 5.91. The Morgan fingerprint density at radius 3 is 2.69 bits per heavy atom. The average molecular weight is 533 g/mol. The van der Waals surface area contributed by atoms with E-state index >= 15 is 0 Å². The van der Waals surface area contributed by atoms with Crippen LogP contribution in [0.2, 0.25) is 0 Å². The molecule has 0 aromatic heterocycles. The summed E-state index contributed by atoms with van der Waals surface area (Å²) >= 11 is 2.27. The Balaban J connectivity index is 1.81. The number of nitrogens with zero attached hydrogens (tertiary/aromatic N) is 1. The van der Waals surface area contributed by atoms with Crippen molar-refractivity contribution in [2.75, 3.05) is 29.4 Å². The van der Waals surface area contributed by atoms with Gasteiger partial charge in [-0.05, 0) is 60.0 Å². The number of hydrogen-bond donors (Lipinski definition) is 2. The summed E-state index contributed by atoms with van der Waals surface area (Å²) < 4.78 is 30.2. The predicted octanol–water partition coefficient (Wildman–Crippen LogP) is 3.41. The maximum absolute atomic E-state index is 13.3. The van der Waals surface area contributed by atoms with Crippen molar-refractivity contribution in [2.24, 2.45) is 11.8 Å². The minimum atomic E-state index is -3.81. The third kappa shape index (κ3) is 5.64. The molecule has 0 radical (unpaired) electrons. The summed E-state index contributed by atoms with van der Waals surface area (Å²) in [5, 5.41) is 3.29. The van der Waals surface area contributed by atoms with E-state index in [4.69, 9.17) is 0 Å². The number of fused-ring (bicyclic) bond motifs is 1. The molecule has 1 saturated heterocycles. The predicted molar refractivity (Wildman–Crippen MR) is 125 cm³/mol. The monoisotopic (exact) mass is 533 g/mol. The van der Waals surface area contributed by atoms with Crippen molar-refractivity contribution in [1.29, 1.82) is 0 Å². The number of para-hydroxylation sites is 1. The van der Waals surface area contributed by atoms with Crippen LogP contribution in [-0.4, -0.2) is 49.3 Å². The van der Waals surface area contributed by atoms with Crippen LogP contribution in [0.5, 0.6) is 0 Å². The lowest BCUT2D eigenvalue weighted by Crippen LogP contribution is -2.50. The second kappa shape index (κ2) is 9.96. The molecule has 0 spiro atoms. The van der Waals surface area contributed by atoms with Crippen LogP contribution in [0, 0.1) is 11.8 Å². The molecule has 2 atom stereocenters. The second-order valence-electron chi connectivity index (χ2n) is 8.49. The highest BCUT2D eigenvalue weighted by molar-refractivity contribution is 14.1. The van der Waals surface area contributed by atoms with Crippen molar-refractivity contribution in [2.45, 2.75) is 56.9 Å². The summed E-state index contributed by atoms with van der Waals surface area (Å²) in [5.74, 6) is 0.998. The fraction of sp³-hybridized carbons (Fsp3) is 0.667. The van der Waals surface area contributed by atoms with E-state index in [9.17, 15) is 13.2 Å². The summed E-state index contributed by atoms with van der Waals surface area (Å²) in [6.45, 7) is 6.52. The number of piperidine rings is 1. The summed E-state index contributed by atoms with van der Waals surface area (Å²) in [4.78, 5) is 15.2. The number of rotatable bonds is 7. The number of carbonyl (C=O) groups is 1. The first kappa shape index (κ1) is 22.8. The Bertz CT molecular complexity index is 822. The van der Waals surface area contributed by atoms with Crippen molar-refractivity contribution >= 4 is 44.2 Å². The number of benzene rings is 1. The molecule has 162 valence electrons. The number of halogens is 1. The van der Waals surface area contributed by atoms with Crippen LogP contribution < -0.4 is 10.0 Å². The van der Waals surface area contributed by atoms with E-state index < -0.39 is 16.1 Å². The lowest BCUT2D eigenvalue weighted by atomic mass is 9.96. The molecule has 1 aromatic rings. The van der Waals surface area contributed by atoms with Crippen molar-refractivity contribution in [3.05, 3.63) is 23.8 Å². The summed E-state index contributed by atoms with van der Waals surface area (Å²) in [7, 11) is -3.81. The molecule has 29 heavy (non-hydrogen) atoms. The molecule has 0 bridgehead atoms. The van der Waals surface area contributed by atoms with Gasteiger partial charge in [-0.1, -0.05) is 48.6 Å². The first-order valence-electron chi connectivity index (χ1n) is 10.5. The van der Waals surface area contributed by atoms with Crippen LogP contribution in [0.15, 0.2) is 23.1 Å². The number of hydrogen-bond acceptors (Lipinski definition) is 4. The van der Waals surface area contributed by atoms with E-state index in [1.54, 1.807) is 12.1 Å². The van der Waals surface area contributed by atoms with E-state index in [0.29, 0.717) is 37.0 Å². The van der Waals surface area contributed by atoms with Gasteiger partial charge < -0.3 is 10.2 Å². The molecule has 0 saturated carbocycles. The average Bonchev–Trinajstić information content (AvgIpc) is 2.70. The van der Waals surface area contributed by atoms with E-state index in [-0.39, 0.29) is 10.8 Å². The zero-order valence-electron chi connectivity index (χ0n) is 17.3. The maximum Gasteiger partial charge on any atom is 0.243 e. The number of likely N-dealkylation sites (tertiary alicyclic amines) is 1. The van der Waals surface area contributed by atoms with Gasteiger partial charge in [-0.25, -0.2) is 8.42 Å². The van der Waals surface area contributed by atoms with Gasteiger partial charge in [0.05, 0.1) is 5.69 Å². The maximum atomic E-state index is 13.3. The largest absolute Gasteiger partial charge is 0.383 e. The standard InChI is InChI=1S/C21H32IN3O3S/c1-15-8-11-25(12-9-15)21(26)18(6-4-10-22)24-29(27,28)19-7-3-5-17-13-16(2)14-23-20(17)19/h3,5,7,15-16,18,23-24H,4,6,8-14H2,1-2H3. The molecule has 1 amide bonds. The van der Waals surface area contributed by atoms with E-state index in [1.807, 2.05) is 11.0 Å². The number of sulfonamides is 1. The zero-order chi connectivity index (χ0) is 21.0. The fourth-order valence-electron chi connectivity index (χ4n) is 4.11. The first-order chi connectivity index (χ1) is 13.8. The Morgan fingerprint density at radius 1 is 1.28 bits per heavy atom. The van der Waals surface area contributed by atoms with Gasteiger partial charge in [-0.2, -0.15) is 4.72 Å². The molecule has 3 rings (SSSR count). The number of anilines is 1. The number of amides is 1. The normalized spacial score (nSPS) is 21.3. The molecule has 1 aromatic carbocycles. The lowest BCUT2D eigenvalue weighted by molar-refractivity contribution is -0.134. The highest BCUT2D eigenvalue weighted by Crippen LogP contribution is 2.31. The minimum absolute atomic E-state index is 0.0864. The SMILES string of the molecule is CC1CCN(C(=O)C(CCCI)NS(=O)(=O)c2cccc3c2NCC(C)C3)CC1. The molecule has 8 heteroatoms. The lowest BCUT2D eigenvalue weighted by Gasteiger charge is -2.33. The van der Waals surface area contributed by atoms with Crippen LogP contribution in [-0.2, 0) is 21.2 Å². The summed E-state index contributed by atoms with van der Waals surface area (Å²) in [6.07, 6.45) is 4.13. The van der Waals surface area contributed by atoms with Gasteiger partial charge in [-0.3, -0.25) is 4.79 Å². The Labute approximate surface area is 188 Å². The topological polar surface area (TPSA) is 78.5 Å².